The molecule has 0 fully saturated rings. The molecule has 4 rings (SSSR count). The van der Waals surface area contributed by atoms with Crippen molar-refractivity contribution in [1.82, 2.24) is 9.55 Å². The van der Waals surface area contributed by atoms with Gasteiger partial charge in [0.2, 0.25) is 0 Å². The predicted molar refractivity (Wildman–Crippen MR) is 101 cm³/mol. The number of hydrogen-bond acceptors (Lipinski definition) is 4. The number of amides is 1. The first-order valence-corrected chi connectivity index (χ1v) is 8.38. The Morgan fingerprint density at radius 3 is 2.67 bits per heavy atom. The van der Waals surface area contributed by atoms with Crippen LogP contribution in [0.25, 0.3) is 22.6 Å². The second kappa shape index (κ2) is 6.53. The highest BCUT2D eigenvalue weighted by atomic mass is 16.4. The number of nitrogens with zero attached hydrogens (tertiary/aromatic N) is 2. The van der Waals surface area contributed by atoms with Gasteiger partial charge in [0.25, 0.3) is 5.56 Å². The average molecular weight is 361 g/mol. The number of carboxylic acids is 1. The fourth-order valence-corrected chi connectivity index (χ4v) is 3.17. The minimum atomic E-state index is -1.58. The van der Waals surface area contributed by atoms with Gasteiger partial charge in [0.1, 0.15) is 5.82 Å². The number of aromatic nitrogens is 2. The maximum absolute atomic E-state index is 12.8. The molecule has 0 atom stereocenters. The third kappa shape index (κ3) is 3.10. The molecule has 1 aliphatic rings. The molecule has 3 aromatic rings. The molecular weight excluding hydrogens is 346 g/mol. The number of carbonyl (C=O) groups excluding carboxylic acids is 1. The summed E-state index contributed by atoms with van der Waals surface area (Å²) in [5, 5.41) is 11.4. The standard InChI is InChI=1S/C20H15N3O4/c24-18(20(26)27)21-14-6-7-15-16(11-14)22-17-13(8-9-23(17)19(15)25)10-12-4-2-1-3-5-12/h1-7,10-11H,8-9H2,(H,21,24)(H,26,27)/b13-10+. The molecule has 134 valence electrons. The zero-order valence-electron chi connectivity index (χ0n) is 14.2. The summed E-state index contributed by atoms with van der Waals surface area (Å²) in [7, 11) is 0. The van der Waals surface area contributed by atoms with E-state index in [1.54, 1.807) is 10.6 Å². The van der Waals surface area contributed by atoms with Crippen molar-refractivity contribution in [3.8, 4) is 0 Å². The highest BCUT2D eigenvalue weighted by Crippen LogP contribution is 2.28. The number of carboxylic acid groups (broad SMARTS) is 1. The molecule has 7 heteroatoms. The van der Waals surface area contributed by atoms with Crippen LogP contribution in [0.2, 0.25) is 0 Å². The van der Waals surface area contributed by atoms with Crippen molar-refractivity contribution in [2.75, 3.05) is 5.32 Å². The van der Waals surface area contributed by atoms with E-state index in [1.165, 1.54) is 12.1 Å². The first kappa shape index (κ1) is 16.7. The molecule has 0 unspecified atom stereocenters. The molecule has 0 aliphatic carbocycles. The zero-order chi connectivity index (χ0) is 19.0. The Bertz CT molecular complexity index is 1160. The molecule has 0 saturated carbocycles. The Morgan fingerprint density at radius 1 is 1.15 bits per heavy atom. The quantitative estimate of drug-likeness (QED) is 0.683. The SMILES string of the molecule is O=C(O)C(=O)Nc1ccc2c(=O)n3c(nc2c1)/C(=C/c1ccccc1)CC3. The molecule has 1 aromatic heterocycles. The fraction of sp³-hybridized carbons (Fsp3) is 0.100. The van der Waals surface area contributed by atoms with Crippen LogP contribution in [0.5, 0.6) is 0 Å². The molecule has 7 nitrogen and oxygen atoms in total. The Morgan fingerprint density at radius 2 is 1.93 bits per heavy atom. The predicted octanol–water partition coefficient (Wildman–Crippen LogP) is 2.36. The number of rotatable bonds is 2. The number of hydrogen-bond donors (Lipinski definition) is 2. The van der Waals surface area contributed by atoms with Gasteiger partial charge < -0.3 is 10.4 Å². The maximum atomic E-state index is 12.8. The van der Waals surface area contributed by atoms with Gasteiger partial charge in [-0.3, -0.25) is 14.2 Å². The summed E-state index contributed by atoms with van der Waals surface area (Å²) in [6, 6.07) is 14.3. The van der Waals surface area contributed by atoms with Gasteiger partial charge in [-0.2, -0.15) is 0 Å². The normalized spacial score (nSPS) is 14.3. The summed E-state index contributed by atoms with van der Waals surface area (Å²) in [5.41, 5.74) is 2.52. The van der Waals surface area contributed by atoms with Crippen molar-refractivity contribution >= 4 is 40.1 Å². The second-order valence-corrected chi connectivity index (χ2v) is 6.21. The summed E-state index contributed by atoms with van der Waals surface area (Å²) in [4.78, 5) is 39.4. The lowest BCUT2D eigenvalue weighted by Gasteiger charge is -2.08. The minimum Gasteiger partial charge on any atom is -0.474 e. The molecule has 2 N–H and O–H groups in total. The van der Waals surface area contributed by atoms with E-state index < -0.39 is 11.9 Å². The fourth-order valence-electron chi connectivity index (χ4n) is 3.17. The molecule has 2 heterocycles. The molecule has 0 radical (unpaired) electrons. The molecule has 2 aromatic carbocycles. The second-order valence-electron chi connectivity index (χ2n) is 6.21. The van der Waals surface area contributed by atoms with E-state index in [0.29, 0.717) is 29.7 Å². The van der Waals surface area contributed by atoms with Crippen molar-refractivity contribution in [3.63, 3.8) is 0 Å². The zero-order valence-corrected chi connectivity index (χ0v) is 14.2. The number of fused-ring (bicyclic) bond motifs is 2. The molecule has 0 spiro atoms. The Labute approximate surface area is 153 Å². The average Bonchev–Trinajstić information content (AvgIpc) is 3.05. The molecule has 1 amide bonds. The van der Waals surface area contributed by atoms with Crippen molar-refractivity contribution < 1.29 is 14.7 Å². The molecule has 0 bridgehead atoms. The Kier molecular flexibility index (Phi) is 4.04. The van der Waals surface area contributed by atoms with Gasteiger partial charge in [-0.15, -0.1) is 0 Å². The maximum Gasteiger partial charge on any atom is 0.394 e. The summed E-state index contributed by atoms with van der Waals surface area (Å²) in [5.74, 6) is -2.12. The van der Waals surface area contributed by atoms with Gasteiger partial charge in [0, 0.05) is 12.2 Å². The number of anilines is 1. The number of benzene rings is 2. The van der Waals surface area contributed by atoms with Crippen LogP contribution in [-0.4, -0.2) is 26.5 Å². The Balaban J connectivity index is 1.80. The molecular formula is C20H15N3O4. The van der Waals surface area contributed by atoms with Crippen molar-refractivity contribution in [1.29, 1.82) is 0 Å². The molecule has 27 heavy (non-hydrogen) atoms. The first-order valence-electron chi connectivity index (χ1n) is 8.38. The lowest BCUT2D eigenvalue weighted by atomic mass is 10.1. The smallest absolute Gasteiger partial charge is 0.394 e. The summed E-state index contributed by atoms with van der Waals surface area (Å²) >= 11 is 0. The van der Waals surface area contributed by atoms with E-state index >= 15 is 0 Å². The van der Waals surface area contributed by atoms with Crippen LogP contribution in [-0.2, 0) is 16.1 Å². The van der Waals surface area contributed by atoms with E-state index in [0.717, 1.165) is 11.1 Å². The number of carbonyl (C=O) groups is 2. The Hall–Kier alpha value is -3.74. The van der Waals surface area contributed by atoms with Gasteiger partial charge in [0.05, 0.1) is 10.9 Å². The molecule has 1 aliphatic heterocycles. The monoisotopic (exact) mass is 361 g/mol. The van der Waals surface area contributed by atoms with Gasteiger partial charge in [-0.25, -0.2) is 9.78 Å². The third-order valence-electron chi connectivity index (χ3n) is 4.44. The van der Waals surface area contributed by atoms with Crippen molar-refractivity contribution in [2.45, 2.75) is 13.0 Å². The van der Waals surface area contributed by atoms with Gasteiger partial charge in [-0.05, 0) is 41.8 Å². The highest BCUT2D eigenvalue weighted by Gasteiger charge is 2.21. The van der Waals surface area contributed by atoms with Crippen LogP contribution < -0.4 is 10.9 Å². The number of nitrogens with one attached hydrogen (secondary N) is 1. The van der Waals surface area contributed by atoms with Crippen molar-refractivity contribution in [2.24, 2.45) is 0 Å². The number of aliphatic carboxylic acids is 1. The summed E-state index contributed by atoms with van der Waals surface area (Å²) < 4.78 is 1.65. The van der Waals surface area contributed by atoms with Gasteiger partial charge in [-0.1, -0.05) is 30.3 Å². The first-order chi connectivity index (χ1) is 13.0. The van der Waals surface area contributed by atoms with Crippen LogP contribution in [0.15, 0.2) is 53.3 Å². The molecule has 0 saturated heterocycles. The summed E-state index contributed by atoms with van der Waals surface area (Å²) in [6.45, 7) is 0.563. The van der Waals surface area contributed by atoms with Crippen LogP contribution in [0, 0.1) is 0 Å². The van der Waals surface area contributed by atoms with Gasteiger partial charge in [0.15, 0.2) is 0 Å². The number of allylic oxidation sites excluding steroid dienone is 1. The van der Waals surface area contributed by atoms with Crippen LogP contribution in [0.3, 0.4) is 0 Å². The highest BCUT2D eigenvalue weighted by molar-refractivity contribution is 6.36. The van der Waals surface area contributed by atoms with Crippen LogP contribution in [0.1, 0.15) is 17.8 Å². The minimum absolute atomic E-state index is 0.150. The van der Waals surface area contributed by atoms with E-state index in [1.807, 2.05) is 36.4 Å². The van der Waals surface area contributed by atoms with Crippen LogP contribution in [0.4, 0.5) is 5.69 Å². The van der Waals surface area contributed by atoms with E-state index in [-0.39, 0.29) is 11.2 Å². The third-order valence-corrected chi connectivity index (χ3v) is 4.44. The topological polar surface area (TPSA) is 101 Å². The lowest BCUT2D eigenvalue weighted by Crippen LogP contribution is -2.23. The summed E-state index contributed by atoms with van der Waals surface area (Å²) in [6.07, 6.45) is 2.71. The lowest BCUT2D eigenvalue weighted by molar-refractivity contribution is -0.147. The van der Waals surface area contributed by atoms with Crippen molar-refractivity contribution in [3.05, 3.63) is 70.3 Å². The van der Waals surface area contributed by atoms with Gasteiger partial charge >= 0.3 is 11.9 Å². The van der Waals surface area contributed by atoms with E-state index in [2.05, 4.69) is 10.3 Å². The van der Waals surface area contributed by atoms with E-state index in [4.69, 9.17) is 5.11 Å². The van der Waals surface area contributed by atoms with E-state index in [9.17, 15) is 14.4 Å². The van der Waals surface area contributed by atoms with Crippen LogP contribution >= 0.6 is 0 Å². The largest absolute Gasteiger partial charge is 0.474 e.